The van der Waals surface area contributed by atoms with E-state index in [1.165, 1.54) is 29.0 Å². The SMILES string of the molecule is CCOC(=O)c1cc(C(=O)c2ccccc2O)cn(-c2cccc(Br)c2)c1=O. The number of phenolic OH excluding ortho intramolecular Hbond substituents is 1. The summed E-state index contributed by atoms with van der Waals surface area (Å²) in [6.45, 7) is 1.72. The van der Waals surface area contributed by atoms with Crippen molar-refractivity contribution in [2.75, 3.05) is 6.61 Å². The molecule has 7 heteroatoms. The average molecular weight is 442 g/mol. The summed E-state index contributed by atoms with van der Waals surface area (Å²) in [6.07, 6.45) is 1.35. The van der Waals surface area contributed by atoms with Gasteiger partial charge in [0.2, 0.25) is 0 Å². The lowest BCUT2D eigenvalue weighted by atomic mass is 10.0. The summed E-state index contributed by atoms with van der Waals surface area (Å²) in [5, 5.41) is 10.00. The Kier molecular flexibility index (Phi) is 5.75. The number of benzene rings is 2. The van der Waals surface area contributed by atoms with Gasteiger partial charge in [0.15, 0.2) is 5.78 Å². The fraction of sp³-hybridized carbons (Fsp3) is 0.0952. The zero-order valence-electron chi connectivity index (χ0n) is 14.9. The van der Waals surface area contributed by atoms with Crippen molar-refractivity contribution < 1.29 is 19.4 Å². The molecule has 0 aliphatic heterocycles. The number of ketones is 1. The molecule has 0 amide bonds. The number of rotatable bonds is 5. The fourth-order valence-electron chi connectivity index (χ4n) is 2.70. The maximum Gasteiger partial charge on any atom is 0.343 e. The molecule has 1 aromatic heterocycles. The Morgan fingerprint density at radius 1 is 1.07 bits per heavy atom. The van der Waals surface area contributed by atoms with E-state index in [1.807, 2.05) is 0 Å². The lowest BCUT2D eigenvalue weighted by molar-refractivity contribution is 0.0524. The van der Waals surface area contributed by atoms with E-state index in [-0.39, 0.29) is 29.0 Å². The third-order valence-corrected chi connectivity index (χ3v) is 4.50. The molecule has 3 aromatic rings. The predicted molar refractivity (Wildman–Crippen MR) is 107 cm³/mol. The number of esters is 1. The summed E-state index contributed by atoms with van der Waals surface area (Å²) in [4.78, 5) is 38.1. The van der Waals surface area contributed by atoms with Gasteiger partial charge in [-0.05, 0) is 43.3 Å². The molecule has 0 aliphatic rings. The van der Waals surface area contributed by atoms with Crippen LogP contribution in [-0.4, -0.2) is 28.0 Å². The quantitative estimate of drug-likeness (QED) is 0.481. The van der Waals surface area contributed by atoms with E-state index in [4.69, 9.17) is 4.74 Å². The molecule has 0 fully saturated rings. The van der Waals surface area contributed by atoms with Crippen molar-refractivity contribution in [2.24, 2.45) is 0 Å². The van der Waals surface area contributed by atoms with Crippen LogP contribution in [0.25, 0.3) is 5.69 Å². The molecule has 3 rings (SSSR count). The molecule has 1 N–H and O–H groups in total. The van der Waals surface area contributed by atoms with E-state index < -0.39 is 17.3 Å². The van der Waals surface area contributed by atoms with Crippen molar-refractivity contribution in [1.82, 2.24) is 4.57 Å². The van der Waals surface area contributed by atoms with Gasteiger partial charge in [-0.25, -0.2) is 4.79 Å². The van der Waals surface area contributed by atoms with Gasteiger partial charge in [0, 0.05) is 21.9 Å². The maximum absolute atomic E-state index is 12.9. The molecule has 0 saturated heterocycles. The zero-order chi connectivity index (χ0) is 20.3. The zero-order valence-corrected chi connectivity index (χ0v) is 16.5. The molecule has 0 spiro atoms. The number of ether oxygens (including phenoxy) is 1. The van der Waals surface area contributed by atoms with Gasteiger partial charge in [-0.3, -0.25) is 14.2 Å². The Labute approximate surface area is 169 Å². The molecule has 0 aliphatic carbocycles. The first kappa shape index (κ1) is 19.6. The van der Waals surface area contributed by atoms with Crippen molar-refractivity contribution in [3.63, 3.8) is 0 Å². The van der Waals surface area contributed by atoms with Crippen molar-refractivity contribution >= 4 is 27.7 Å². The highest BCUT2D eigenvalue weighted by Gasteiger charge is 2.21. The van der Waals surface area contributed by atoms with Crippen molar-refractivity contribution in [3.8, 4) is 11.4 Å². The number of halogens is 1. The smallest absolute Gasteiger partial charge is 0.343 e. The normalized spacial score (nSPS) is 10.5. The Morgan fingerprint density at radius 3 is 2.50 bits per heavy atom. The first-order valence-electron chi connectivity index (χ1n) is 8.45. The monoisotopic (exact) mass is 441 g/mol. The standard InChI is InChI=1S/C21H16BrNO5/c1-2-28-21(27)17-10-13(19(25)16-8-3-4-9-18(16)24)12-23(20(17)26)15-7-5-6-14(22)11-15/h3-12,24H,2H2,1H3. The number of nitrogens with zero attached hydrogens (tertiary/aromatic N) is 1. The van der Waals surface area contributed by atoms with Crippen LogP contribution in [0.5, 0.6) is 5.75 Å². The molecule has 0 radical (unpaired) electrons. The van der Waals surface area contributed by atoms with Gasteiger partial charge in [-0.1, -0.05) is 34.1 Å². The van der Waals surface area contributed by atoms with E-state index in [0.29, 0.717) is 5.69 Å². The molecular formula is C21H16BrNO5. The fourth-order valence-corrected chi connectivity index (χ4v) is 3.09. The van der Waals surface area contributed by atoms with Gasteiger partial charge in [-0.2, -0.15) is 0 Å². The van der Waals surface area contributed by atoms with Crippen molar-refractivity contribution in [1.29, 1.82) is 0 Å². The molecule has 1 heterocycles. The number of hydrogen-bond acceptors (Lipinski definition) is 5. The maximum atomic E-state index is 12.9. The number of phenols is 1. The number of aromatic nitrogens is 1. The van der Waals surface area contributed by atoms with Crippen molar-refractivity contribution in [3.05, 3.63) is 92.3 Å². The lowest BCUT2D eigenvalue weighted by Crippen LogP contribution is -2.27. The summed E-state index contributed by atoms with van der Waals surface area (Å²) in [5.41, 5.74) is -0.258. The van der Waals surface area contributed by atoms with E-state index in [2.05, 4.69) is 15.9 Å². The minimum atomic E-state index is -0.816. The van der Waals surface area contributed by atoms with Crippen LogP contribution in [0.15, 0.2) is 70.1 Å². The molecule has 0 unspecified atom stereocenters. The second-order valence-electron chi connectivity index (χ2n) is 5.86. The molecule has 0 saturated carbocycles. The number of para-hydroxylation sites is 1. The lowest BCUT2D eigenvalue weighted by Gasteiger charge is -2.12. The summed E-state index contributed by atoms with van der Waals surface area (Å²) < 4.78 is 6.91. The van der Waals surface area contributed by atoms with Crippen LogP contribution in [0, 0.1) is 0 Å². The predicted octanol–water partition coefficient (Wildman–Crippen LogP) is 3.71. The van der Waals surface area contributed by atoms with Crippen LogP contribution < -0.4 is 5.56 Å². The second kappa shape index (κ2) is 8.22. The topological polar surface area (TPSA) is 85.6 Å². The largest absolute Gasteiger partial charge is 0.507 e. The summed E-state index contributed by atoms with van der Waals surface area (Å²) in [6, 6.07) is 14.1. The van der Waals surface area contributed by atoms with E-state index in [0.717, 1.165) is 4.47 Å². The number of aromatic hydroxyl groups is 1. The highest BCUT2D eigenvalue weighted by atomic mass is 79.9. The van der Waals surface area contributed by atoms with Crippen LogP contribution >= 0.6 is 15.9 Å². The number of pyridine rings is 1. The minimum absolute atomic E-state index is 0.0664. The highest BCUT2D eigenvalue weighted by Crippen LogP contribution is 2.21. The van der Waals surface area contributed by atoms with Crippen LogP contribution in [0.2, 0.25) is 0 Å². The van der Waals surface area contributed by atoms with E-state index in [9.17, 15) is 19.5 Å². The summed E-state index contributed by atoms with van der Waals surface area (Å²) in [5.74, 6) is -1.53. The first-order valence-corrected chi connectivity index (χ1v) is 9.24. The Balaban J connectivity index is 2.23. The molecule has 6 nitrogen and oxygen atoms in total. The molecule has 0 bridgehead atoms. The van der Waals surface area contributed by atoms with E-state index in [1.54, 1.807) is 43.3 Å². The molecular weight excluding hydrogens is 426 g/mol. The van der Waals surface area contributed by atoms with Gasteiger partial charge in [-0.15, -0.1) is 0 Å². The summed E-state index contributed by atoms with van der Waals surface area (Å²) in [7, 11) is 0. The van der Waals surface area contributed by atoms with E-state index >= 15 is 0 Å². The minimum Gasteiger partial charge on any atom is -0.507 e. The van der Waals surface area contributed by atoms with Crippen LogP contribution in [0.1, 0.15) is 33.2 Å². The Bertz CT molecular complexity index is 1120. The third-order valence-electron chi connectivity index (χ3n) is 4.01. The molecule has 142 valence electrons. The third kappa shape index (κ3) is 3.89. The molecule has 28 heavy (non-hydrogen) atoms. The van der Waals surface area contributed by atoms with Gasteiger partial charge < -0.3 is 9.84 Å². The van der Waals surface area contributed by atoms with Crippen LogP contribution in [0.4, 0.5) is 0 Å². The summed E-state index contributed by atoms with van der Waals surface area (Å²) >= 11 is 3.34. The Morgan fingerprint density at radius 2 is 1.82 bits per heavy atom. The van der Waals surface area contributed by atoms with Gasteiger partial charge in [0.1, 0.15) is 11.3 Å². The number of hydrogen-bond donors (Lipinski definition) is 1. The number of carbonyl (C=O) groups is 2. The van der Waals surface area contributed by atoms with Crippen LogP contribution in [0.3, 0.4) is 0 Å². The van der Waals surface area contributed by atoms with Crippen LogP contribution in [-0.2, 0) is 4.74 Å². The molecule has 2 aromatic carbocycles. The average Bonchev–Trinajstić information content (AvgIpc) is 2.68. The van der Waals surface area contributed by atoms with Crippen molar-refractivity contribution in [2.45, 2.75) is 6.92 Å². The second-order valence-corrected chi connectivity index (χ2v) is 6.78. The number of carbonyl (C=O) groups excluding carboxylic acids is 2. The molecule has 0 atom stereocenters. The van der Waals surface area contributed by atoms with Gasteiger partial charge >= 0.3 is 5.97 Å². The Hall–Kier alpha value is -3.19. The highest BCUT2D eigenvalue weighted by molar-refractivity contribution is 9.10. The first-order chi connectivity index (χ1) is 13.4. The van der Waals surface area contributed by atoms with Gasteiger partial charge in [0.25, 0.3) is 5.56 Å². The van der Waals surface area contributed by atoms with Gasteiger partial charge in [0.05, 0.1) is 12.2 Å².